The average Bonchev–Trinajstić information content (AvgIpc) is 2.37. The lowest BCUT2D eigenvalue weighted by Gasteiger charge is -2.06. The van der Waals surface area contributed by atoms with E-state index < -0.39 is 10.8 Å². The van der Waals surface area contributed by atoms with E-state index in [2.05, 4.69) is 15.1 Å². The van der Waals surface area contributed by atoms with Gasteiger partial charge in [-0.05, 0) is 6.07 Å². The van der Waals surface area contributed by atoms with Gasteiger partial charge in [-0.2, -0.15) is 0 Å². The summed E-state index contributed by atoms with van der Waals surface area (Å²) < 4.78 is 9.41. The van der Waals surface area contributed by atoms with Crippen molar-refractivity contribution in [2.75, 3.05) is 21.0 Å². The van der Waals surface area contributed by atoms with Crippen molar-refractivity contribution in [3.05, 3.63) is 33.9 Å². The lowest BCUT2D eigenvalue weighted by Crippen LogP contribution is -2.24. The second kappa shape index (κ2) is 6.52. The summed E-state index contributed by atoms with van der Waals surface area (Å²) in [5.41, 5.74) is 2.07. The molecular weight excluding hydrogens is 244 g/mol. The minimum absolute atomic E-state index is 0.000563. The Morgan fingerprint density at radius 3 is 2.72 bits per heavy atom. The first kappa shape index (κ1) is 13.9. The minimum atomic E-state index is -0.595. The summed E-state index contributed by atoms with van der Waals surface area (Å²) in [5.74, 6) is -0.556. The van der Waals surface area contributed by atoms with Crippen LogP contribution in [0.15, 0.2) is 18.2 Å². The van der Waals surface area contributed by atoms with Gasteiger partial charge in [0.25, 0.3) is 5.91 Å². The van der Waals surface area contributed by atoms with Crippen molar-refractivity contribution in [2.24, 2.45) is 0 Å². The first-order valence-corrected chi connectivity index (χ1v) is 4.83. The number of carbonyl (C=O) groups excluding carboxylic acids is 1. The number of benzene rings is 1. The zero-order valence-corrected chi connectivity index (χ0v) is 9.84. The van der Waals surface area contributed by atoms with Gasteiger partial charge < -0.3 is 9.47 Å². The van der Waals surface area contributed by atoms with Gasteiger partial charge in [0.2, 0.25) is 0 Å². The topological polar surface area (TPSA) is 99.9 Å². The summed E-state index contributed by atoms with van der Waals surface area (Å²) in [4.78, 5) is 26.3. The fraction of sp³-hybridized carbons (Fsp3) is 0.300. The van der Waals surface area contributed by atoms with E-state index in [0.29, 0.717) is 0 Å². The third kappa shape index (κ3) is 3.40. The molecular formula is C10H12N2O6. The van der Waals surface area contributed by atoms with E-state index >= 15 is 0 Å². The van der Waals surface area contributed by atoms with Crippen molar-refractivity contribution >= 4 is 11.6 Å². The van der Waals surface area contributed by atoms with Crippen LogP contribution in [0.1, 0.15) is 10.4 Å². The molecule has 0 heterocycles. The zero-order valence-electron chi connectivity index (χ0n) is 9.84. The fourth-order valence-corrected chi connectivity index (χ4v) is 1.18. The third-order valence-electron chi connectivity index (χ3n) is 1.98. The molecule has 98 valence electrons. The van der Waals surface area contributed by atoms with Gasteiger partial charge in [-0.3, -0.25) is 14.9 Å². The number of hydrogen-bond acceptors (Lipinski definition) is 6. The van der Waals surface area contributed by atoms with E-state index in [9.17, 15) is 14.9 Å². The molecule has 0 aromatic heterocycles. The van der Waals surface area contributed by atoms with E-state index in [0.717, 1.165) is 0 Å². The molecule has 0 saturated carbocycles. The lowest BCUT2D eigenvalue weighted by atomic mass is 10.2. The van der Waals surface area contributed by atoms with E-state index in [1.54, 1.807) is 0 Å². The van der Waals surface area contributed by atoms with Gasteiger partial charge in [0.15, 0.2) is 12.5 Å². The Labute approximate surface area is 103 Å². The van der Waals surface area contributed by atoms with Crippen LogP contribution in [0.25, 0.3) is 0 Å². The molecule has 0 spiro atoms. The van der Waals surface area contributed by atoms with Crippen LogP contribution in [-0.4, -0.2) is 31.8 Å². The molecule has 0 fully saturated rings. The Bertz CT molecular complexity index is 448. The van der Waals surface area contributed by atoms with E-state index in [1.807, 2.05) is 0 Å². The summed E-state index contributed by atoms with van der Waals surface area (Å²) in [5, 5.41) is 10.7. The molecule has 1 amide bonds. The maximum atomic E-state index is 11.6. The molecule has 8 nitrogen and oxygen atoms in total. The van der Waals surface area contributed by atoms with Crippen LogP contribution in [0.5, 0.6) is 5.75 Å². The second-order valence-electron chi connectivity index (χ2n) is 3.13. The summed E-state index contributed by atoms with van der Waals surface area (Å²) in [6, 6.07) is 3.74. The third-order valence-corrected chi connectivity index (χ3v) is 1.98. The number of ether oxygens (including phenoxy) is 2. The quantitative estimate of drug-likeness (QED) is 0.351. The molecule has 0 unspecified atom stereocenters. The number of rotatable bonds is 6. The number of amides is 1. The van der Waals surface area contributed by atoms with Crippen molar-refractivity contribution in [1.29, 1.82) is 0 Å². The molecule has 8 heteroatoms. The summed E-state index contributed by atoms with van der Waals surface area (Å²) >= 11 is 0. The van der Waals surface area contributed by atoms with Gasteiger partial charge in [0.1, 0.15) is 0 Å². The first-order chi connectivity index (χ1) is 8.60. The summed E-state index contributed by atoms with van der Waals surface area (Å²) in [6.45, 7) is -0.101. The number of nitro groups is 1. The van der Waals surface area contributed by atoms with Crippen LogP contribution in [0.2, 0.25) is 0 Å². The molecule has 0 aliphatic heterocycles. The van der Waals surface area contributed by atoms with Gasteiger partial charge >= 0.3 is 5.69 Å². The number of nitrogens with zero attached hydrogens (tertiary/aromatic N) is 1. The van der Waals surface area contributed by atoms with Gasteiger partial charge in [0.05, 0.1) is 12.0 Å². The molecule has 1 aromatic rings. The van der Waals surface area contributed by atoms with E-state index in [1.165, 1.54) is 32.4 Å². The standard InChI is InChI=1S/C10H12N2O6/c1-16-6-18-11-10(13)7-3-4-8(12(14)15)9(5-7)17-2/h3-5H,6H2,1-2H3,(H,11,13). The van der Waals surface area contributed by atoms with Gasteiger partial charge in [-0.1, -0.05) is 0 Å². The smallest absolute Gasteiger partial charge is 0.310 e. The molecule has 0 aliphatic rings. The van der Waals surface area contributed by atoms with Crippen molar-refractivity contribution in [3.8, 4) is 5.75 Å². The molecule has 18 heavy (non-hydrogen) atoms. The molecule has 1 aromatic carbocycles. The Morgan fingerprint density at radius 1 is 1.44 bits per heavy atom. The van der Waals surface area contributed by atoms with Gasteiger partial charge in [-0.15, -0.1) is 0 Å². The highest BCUT2D eigenvalue weighted by molar-refractivity contribution is 5.94. The Morgan fingerprint density at radius 2 is 2.17 bits per heavy atom. The number of nitrogens with one attached hydrogen (secondary N) is 1. The molecule has 1 rings (SSSR count). The van der Waals surface area contributed by atoms with Crippen LogP contribution in [0, 0.1) is 10.1 Å². The molecule has 0 aliphatic carbocycles. The predicted octanol–water partition coefficient (Wildman–Crippen LogP) is 0.869. The van der Waals surface area contributed by atoms with Gasteiger partial charge in [0, 0.05) is 24.8 Å². The number of methoxy groups -OCH3 is 2. The largest absolute Gasteiger partial charge is 0.490 e. The lowest BCUT2D eigenvalue weighted by molar-refractivity contribution is -0.385. The highest BCUT2D eigenvalue weighted by Crippen LogP contribution is 2.27. The van der Waals surface area contributed by atoms with E-state index in [4.69, 9.17) is 4.74 Å². The van der Waals surface area contributed by atoms with Crippen LogP contribution >= 0.6 is 0 Å². The van der Waals surface area contributed by atoms with Crippen molar-refractivity contribution < 1.29 is 24.0 Å². The highest BCUT2D eigenvalue weighted by Gasteiger charge is 2.17. The molecule has 0 atom stereocenters. The SMILES string of the molecule is COCONC(=O)c1ccc([N+](=O)[O-])c(OC)c1. The monoisotopic (exact) mass is 256 g/mol. The number of nitro benzene ring substituents is 1. The number of hydrogen-bond donors (Lipinski definition) is 1. The number of carbonyl (C=O) groups is 1. The van der Waals surface area contributed by atoms with Crippen molar-refractivity contribution in [2.45, 2.75) is 0 Å². The van der Waals surface area contributed by atoms with Crippen LogP contribution in [-0.2, 0) is 9.57 Å². The highest BCUT2D eigenvalue weighted by atomic mass is 16.8. The second-order valence-corrected chi connectivity index (χ2v) is 3.13. The summed E-state index contributed by atoms with van der Waals surface area (Å²) in [7, 11) is 2.69. The Kier molecular flexibility index (Phi) is 5.03. The average molecular weight is 256 g/mol. The molecule has 1 N–H and O–H groups in total. The predicted molar refractivity (Wildman–Crippen MR) is 60.1 cm³/mol. The van der Waals surface area contributed by atoms with Gasteiger partial charge in [-0.25, -0.2) is 10.3 Å². The number of hydroxylamine groups is 1. The zero-order chi connectivity index (χ0) is 13.5. The fourth-order valence-electron chi connectivity index (χ4n) is 1.18. The normalized spacial score (nSPS) is 9.89. The van der Waals surface area contributed by atoms with Crippen molar-refractivity contribution in [3.63, 3.8) is 0 Å². The summed E-state index contributed by atoms with van der Waals surface area (Å²) in [6.07, 6.45) is 0. The van der Waals surface area contributed by atoms with Crippen LogP contribution in [0.3, 0.4) is 0 Å². The van der Waals surface area contributed by atoms with E-state index in [-0.39, 0.29) is 23.8 Å². The minimum Gasteiger partial charge on any atom is -0.490 e. The maximum absolute atomic E-state index is 11.6. The first-order valence-electron chi connectivity index (χ1n) is 4.83. The molecule has 0 saturated heterocycles. The molecule has 0 radical (unpaired) electrons. The van der Waals surface area contributed by atoms with Crippen LogP contribution in [0.4, 0.5) is 5.69 Å². The maximum Gasteiger partial charge on any atom is 0.310 e. The van der Waals surface area contributed by atoms with Crippen LogP contribution < -0.4 is 10.2 Å². The van der Waals surface area contributed by atoms with Crippen molar-refractivity contribution in [1.82, 2.24) is 5.48 Å². The molecule has 0 bridgehead atoms. The Balaban J connectivity index is 2.85. The Hall–Kier alpha value is -2.19.